The number of aromatic nitrogens is 3. The van der Waals surface area contributed by atoms with Gasteiger partial charge in [0.15, 0.2) is 0 Å². The Morgan fingerprint density at radius 2 is 2.20 bits per heavy atom. The van der Waals surface area contributed by atoms with Crippen LogP contribution in [0.5, 0.6) is 5.75 Å². The number of phenolic OH excluding ortho intramolecular Hbond substituents is 1. The second-order valence-corrected chi connectivity index (χ2v) is 5.24. The highest BCUT2D eigenvalue weighted by Gasteiger charge is 2.19. The van der Waals surface area contributed by atoms with Gasteiger partial charge in [0.1, 0.15) is 5.75 Å². The Hall–Kier alpha value is -1.48. The molecule has 20 heavy (non-hydrogen) atoms. The fourth-order valence-electron chi connectivity index (χ4n) is 1.40. The Labute approximate surface area is 125 Å². The van der Waals surface area contributed by atoms with Gasteiger partial charge in [-0.2, -0.15) is 9.78 Å². The van der Waals surface area contributed by atoms with Gasteiger partial charge in [-0.05, 0) is 24.5 Å². The minimum atomic E-state index is -2.77. The molecule has 9 heteroatoms. The van der Waals surface area contributed by atoms with Crippen LogP contribution in [0.1, 0.15) is 17.8 Å². The molecule has 5 nitrogen and oxygen atoms in total. The van der Waals surface area contributed by atoms with Gasteiger partial charge in [-0.15, -0.1) is 10.2 Å². The minimum Gasteiger partial charge on any atom is -0.508 e. The summed E-state index contributed by atoms with van der Waals surface area (Å²) in [6.07, 6.45) is 0.266. The topological polar surface area (TPSA) is 63.3 Å². The van der Waals surface area contributed by atoms with E-state index in [1.807, 2.05) is 0 Å². The van der Waals surface area contributed by atoms with Gasteiger partial charge >= 0.3 is 0 Å². The SMILES string of the molecule is CSc1nnc(C(F)F)n1N=Cc1cc(O)ccc1Br. The highest BCUT2D eigenvalue weighted by molar-refractivity contribution is 9.10. The molecule has 0 amide bonds. The quantitative estimate of drug-likeness (QED) is 0.669. The molecule has 0 saturated heterocycles. The molecule has 0 bridgehead atoms. The lowest BCUT2D eigenvalue weighted by atomic mass is 10.2. The van der Waals surface area contributed by atoms with Gasteiger partial charge in [0.05, 0.1) is 6.21 Å². The van der Waals surface area contributed by atoms with E-state index in [4.69, 9.17) is 0 Å². The van der Waals surface area contributed by atoms with Crippen LogP contribution in [0, 0.1) is 0 Å². The summed E-state index contributed by atoms with van der Waals surface area (Å²) >= 11 is 4.44. The number of rotatable bonds is 4. The summed E-state index contributed by atoms with van der Waals surface area (Å²) in [4.78, 5) is 0. The van der Waals surface area contributed by atoms with E-state index in [1.54, 1.807) is 12.3 Å². The molecule has 1 aromatic heterocycles. The number of hydrogen-bond acceptors (Lipinski definition) is 5. The third-order valence-corrected chi connectivity index (χ3v) is 3.65. The molecule has 0 saturated carbocycles. The zero-order valence-corrected chi connectivity index (χ0v) is 12.6. The van der Waals surface area contributed by atoms with E-state index in [2.05, 4.69) is 31.2 Å². The number of hydrogen-bond donors (Lipinski definition) is 1. The fraction of sp³-hybridized carbons (Fsp3) is 0.182. The average Bonchev–Trinajstić information content (AvgIpc) is 2.82. The van der Waals surface area contributed by atoms with E-state index in [1.165, 1.54) is 18.3 Å². The van der Waals surface area contributed by atoms with Crippen molar-refractivity contribution in [2.45, 2.75) is 11.6 Å². The van der Waals surface area contributed by atoms with Crippen molar-refractivity contribution >= 4 is 33.9 Å². The Morgan fingerprint density at radius 3 is 2.85 bits per heavy atom. The van der Waals surface area contributed by atoms with Crippen LogP contribution in [0.15, 0.2) is 32.9 Å². The van der Waals surface area contributed by atoms with Crippen LogP contribution in [-0.2, 0) is 0 Å². The summed E-state index contributed by atoms with van der Waals surface area (Å²) < 4.78 is 27.2. The third-order valence-electron chi connectivity index (χ3n) is 2.31. The van der Waals surface area contributed by atoms with E-state index < -0.39 is 12.2 Å². The molecule has 0 atom stereocenters. The molecule has 0 spiro atoms. The predicted molar refractivity (Wildman–Crippen MR) is 75.6 cm³/mol. The van der Waals surface area contributed by atoms with Crippen molar-refractivity contribution in [1.82, 2.24) is 14.9 Å². The summed E-state index contributed by atoms with van der Waals surface area (Å²) in [7, 11) is 0. The van der Waals surface area contributed by atoms with Crippen LogP contribution >= 0.6 is 27.7 Å². The molecule has 106 valence electrons. The number of halogens is 3. The first kappa shape index (κ1) is 14.9. The summed E-state index contributed by atoms with van der Waals surface area (Å²) in [5, 5.41) is 20.6. The second-order valence-electron chi connectivity index (χ2n) is 3.61. The first-order chi connectivity index (χ1) is 9.52. The van der Waals surface area contributed by atoms with Gasteiger partial charge in [0, 0.05) is 10.0 Å². The molecule has 1 aromatic carbocycles. The lowest BCUT2D eigenvalue weighted by molar-refractivity contribution is 0.135. The predicted octanol–water partition coefficient (Wildman–Crippen LogP) is 3.29. The van der Waals surface area contributed by atoms with Gasteiger partial charge in [0.25, 0.3) is 6.43 Å². The van der Waals surface area contributed by atoms with Crippen molar-refractivity contribution in [3.63, 3.8) is 0 Å². The lowest BCUT2D eigenvalue weighted by Crippen LogP contribution is -2.00. The largest absolute Gasteiger partial charge is 0.508 e. The maximum absolute atomic E-state index is 12.8. The summed E-state index contributed by atoms with van der Waals surface area (Å²) in [5.41, 5.74) is 0.547. The molecule has 0 aliphatic rings. The Bertz CT molecular complexity index is 647. The number of alkyl halides is 2. The Morgan fingerprint density at radius 1 is 1.45 bits per heavy atom. The number of benzene rings is 1. The van der Waals surface area contributed by atoms with Crippen LogP contribution in [0.25, 0.3) is 0 Å². The van der Waals surface area contributed by atoms with E-state index in [0.717, 1.165) is 16.4 Å². The molecular weight excluding hydrogens is 354 g/mol. The van der Waals surface area contributed by atoms with Crippen LogP contribution in [-0.4, -0.2) is 32.5 Å². The first-order valence-corrected chi connectivity index (χ1v) is 7.35. The van der Waals surface area contributed by atoms with Crippen molar-refractivity contribution in [3.8, 4) is 5.75 Å². The molecule has 2 rings (SSSR count). The molecule has 0 unspecified atom stereocenters. The van der Waals surface area contributed by atoms with Crippen molar-refractivity contribution < 1.29 is 13.9 Å². The highest BCUT2D eigenvalue weighted by atomic mass is 79.9. The van der Waals surface area contributed by atoms with Crippen molar-refractivity contribution in [2.24, 2.45) is 5.10 Å². The monoisotopic (exact) mass is 362 g/mol. The smallest absolute Gasteiger partial charge is 0.299 e. The van der Waals surface area contributed by atoms with Crippen LogP contribution in [0.2, 0.25) is 0 Å². The number of thioether (sulfide) groups is 1. The van der Waals surface area contributed by atoms with Gasteiger partial charge in [0.2, 0.25) is 11.0 Å². The van der Waals surface area contributed by atoms with E-state index in [-0.39, 0.29) is 10.9 Å². The van der Waals surface area contributed by atoms with Crippen molar-refractivity contribution in [1.29, 1.82) is 0 Å². The van der Waals surface area contributed by atoms with Crippen LogP contribution < -0.4 is 0 Å². The molecule has 1 heterocycles. The van der Waals surface area contributed by atoms with E-state index >= 15 is 0 Å². The van der Waals surface area contributed by atoms with Gasteiger partial charge in [-0.1, -0.05) is 27.7 Å². The Kier molecular flexibility index (Phi) is 4.71. The fourth-order valence-corrected chi connectivity index (χ4v) is 2.18. The third kappa shape index (κ3) is 3.15. The standard InChI is InChI=1S/C11H9BrF2N4OS/c1-20-11-17-16-10(9(13)14)18(11)15-5-6-4-7(19)2-3-8(6)12/h2-5,9,19H,1H3. The highest BCUT2D eigenvalue weighted by Crippen LogP contribution is 2.23. The molecule has 0 fully saturated rings. The second kappa shape index (κ2) is 6.31. The van der Waals surface area contributed by atoms with Crippen LogP contribution in [0.4, 0.5) is 8.78 Å². The maximum atomic E-state index is 12.8. The molecule has 1 N–H and O–H groups in total. The van der Waals surface area contributed by atoms with E-state index in [0.29, 0.717) is 10.0 Å². The number of phenols is 1. The number of nitrogens with zero attached hydrogens (tertiary/aromatic N) is 4. The van der Waals surface area contributed by atoms with Crippen molar-refractivity contribution in [3.05, 3.63) is 34.1 Å². The zero-order chi connectivity index (χ0) is 14.7. The lowest BCUT2D eigenvalue weighted by Gasteiger charge is -2.03. The van der Waals surface area contributed by atoms with Gasteiger partial charge in [-0.25, -0.2) is 8.78 Å². The normalized spacial score (nSPS) is 11.7. The van der Waals surface area contributed by atoms with Gasteiger partial charge < -0.3 is 5.11 Å². The Balaban J connectivity index is 2.40. The summed E-state index contributed by atoms with van der Waals surface area (Å²) in [5.74, 6) is -0.473. The zero-order valence-electron chi connectivity index (χ0n) is 10.2. The molecule has 0 aliphatic carbocycles. The first-order valence-electron chi connectivity index (χ1n) is 5.33. The molecular formula is C11H9BrF2N4OS. The van der Waals surface area contributed by atoms with Crippen molar-refractivity contribution in [2.75, 3.05) is 6.26 Å². The summed E-state index contributed by atoms with van der Waals surface area (Å²) in [6.45, 7) is 0. The minimum absolute atomic E-state index is 0.0533. The maximum Gasteiger partial charge on any atom is 0.299 e. The summed E-state index contributed by atoms with van der Waals surface area (Å²) in [6, 6.07) is 4.59. The molecule has 2 aromatic rings. The molecule has 0 aliphatic heterocycles. The number of aromatic hydroxyl groups is 1. The van der Waals surface area contributed by atoms with E-state index in [9.17, 15) is 13.9 Å². The molecule has 0 radical (unpaired) electrons. The van der Waals surface area contributed by atoms with Crippen LogP contribution in [0.3, 0.4) is 0 Å². The van der Waals surface area contributed by atoms with Gasteiger partial charge in [-0.3, -0.25) is 0 Å². The average molecular weight is 363 g/mol.